The van der Waals surface area contributed by atoms with E-state index >= 15 is 0 Å². The maximum absolute atomic E-state index is 11.4. The summed E-state index contributed by atoms with van der Waals surface area (Å²) in [6.45, 7) is 3.88. The summed E-state index contributed by atoms with van der Waals surface area (Å²) < 4.78 is 28.5. The Balaban J connectivity index is 2.45. The molecule has 20 heavy (non-hydrogen) atoms. The first-order valence-electron chi connectivity index (χ1n) is 5.95. The fourth-order valence-electron chi connectivity index (χ4n) is 1.89. The van der Waals surface area contributed by atoms with Crippen molar-refractivity contribution in [2.45, 2.75) is 18.7 Å². The highest BCUT2D eigenvalue weighted by Gasteiger charge is 2.16. The Bertz CT molecular complexity index is 755. The third-order valence-electron chi connectivity index (χ3n) is 2.88. The summed E-state index contributed by atoms with van der Waals surface area (Å²) in [5, 5.41) is 5.11. The standard InChI is InChI=1S/C14H16N2O3S/c1-9-6-7-11(10(2)8-9)19-12-4-3-5-13(14(12)15)20(16,17)18/h3-8H,15H2,1-2H3,(H2,16,17,18). The lowest BCUT2D eigenvalue weighted by atomic mass is 10.1. The second-order valence-electron chi connectivity index (χ2n) is 4.58. The van der Waals surface area contributed by atoms with Gasteiger partial charge in [-0.2, -0.15) is 0 Å². The number of hydrogen-bond acceptors (Lipinski definition) is 4. The van der Waals surface area contributed by atoms with Crippen LogP contribution in [0.5, 0.6) is 11.5 Å². The summed E-state index contributed by atoms with van der Waals surface area (Å²) in [6, 6.07) is 10.2. The molecular weight excluding hydrogens is 276 g/mol. The Morgan fingerprint density at radius 1 is 1.05 bits per heavy atom. The first-order valence-corrected chi connectivity index (χ1v) is 7.50. The van der Waals surface area contributed by atoms with Crippen LogP contribution in [0.4, 0.5) is 5.69 Å². The van der Waals surface area contributed by atoms with Crippen LogP contribution in [-0.4, -0.2) is 8.42 Å². The molecule has 106 valence electrons. The fraction of sp³-hybridized carbons (Fsp3) is 0.143. The predicted octanol–water partition coefficient (Wildman–Crippen LogP) is 2.33. The van der Waals surface area contributed by atoms with E-state index in [1.165, 1.54) is 12.1 Å². The molecule has 0 bridgehead atoms. The molecule has 0 saturated heterocycles. The van der Waals surface area contributed by atoms with Crippen molar-refractivity contribution in [3.63, 3.8) is 0 Å². The van der Waals surface area contributed by atoms with Crippen LogP contribution < -0.4 is 15.6 Å². The van der Waals surface area contributed by atoms with Gasteiger partial charge in [0.2, 0.25) is 10.0 Å². The normalized spacial score (nSPS) is 11.3. The molecule has 0 fully saturated rings. The van der Waals surface area contributed by atoms with Crippen molar-refractivity contribution in [2.24, 2.45) is 5.14 Å². The fourth-order valence-corrected chi connectivity index (χ4v) is 2.57. The summed E-state index contributed by atoms with van der Waals surface area (Å²) in [4.78, 5) is -0.139. The number of nitrogen functional groups attached to an aromatic ring is 1. The van der Waals surface area contributed by atoms with Gasteiger partial charge < -0.3 is 10.5 Å². The summed E-state index contributed by atoms with van der Waals surface area (Å²) in [5.74, 6) is 0.886. The third-order valence-corrected chi connectivity index (χ3v) is 3.85. The SMILES string of the molecule is Cc1ccc(Oc2cccc(S(N)(=O)=O)c2N)c(C)c1. The van der Waals surface area contributed by atoms with Crippen molar-refractivity contribution in [2.75, 3.05) is 5.73 Å². The zero-order chi connectivity index (χ0) is 14.9. The summed E-state index contributed by atoms with van der Waals surface area (Å²) in [7, 11) is -3.87. The third kappa shape index (κ3) is 2.92. The molecule has 0 heterocycles. The van der Waals surface area contributed by atoms with Crippen molar-refractivity contribution >= 4 is 15.7 Å². The molecule has 0 aliphatic rings. The number of primary sulfonamides is 1. The van der Waals surface area contributed by atoms with Gasteiger partial charge in [-0.1, -0.05) is 23.8 Å². The number of benzene rings is 2. The van der Waals surface area contributed by atoms with Gasteiger partial charge in [0.05, 0.1) is 5.69 Å². The number of aryl methyl sites for hydroxylation is 2. The van der Waals surface area contributed by atoms with Crippen molar-refractivity contribution in [1.82, 2.24) is 0 Å². The van der Waals surface area contributed by atoms with Crippen LogP contribution in [0.3, 0.4) is 0 Å². The van der Waals surface area contributed by atoms with Gasteiger partial charge in [0, 0.05) is 0 Å². The Labute approximate surface area is 118 Å². The van der Waals surface area contributed by atoms with Crippen molar-refractivity contribution in [3.05, 3.63) is 47.5 Å². The Kier molecular flexibility index (Phi) is 3.69. The monoisotopic (exact) mass is 292 g/mol. The minimum atomic E-state index is -3.87. The topological polar surface area (TPSA) is 95.4 Å². The molecule has 0 saturated carbocycles. The molecule has 2 aromatic carbocycles. The van der Waals surface area contributed by atoms with E-state index < -0.39 is 10.0 Å². The maximum Gasteiger partial charge on any atom is 0.240 e. The van der Waals surface area contributed by atoms with Crippen LogP contribution in [0.15, 0.2) is 41.3 Å². The minimum Gasteiger partial charge on any atom is -0.455 e. The summed E-state index contributed by atoms with van der Waals surface area (Å²) in [6.07, 6.45) is 0. The zero-order valence-corrected chi connectivity index (χ0v) is 12.1. The molecule has 0 atom stereocenters. The molecule has 5 nitrogen and oxygen atoms in total. The van der Waals surface area contributed by atoms with E-state index in [9.17, 15) is 8.42 Å². The van der Waals surface area contributed by atoms with E-state index in [0.29, 0.717) is 5.75 Å². The molecule has 6 heteroatoms. The van der Waals surface area contributed by atoms with Gasteiger partial charge in [0.15, 0.2) is 5.75 Å². The first kappa shape index (κ1) is 14.4. The maximum atomic E-state index is 11.4. The predicted molar refractivity (Wildman–Crippen MR) is 78.2 cm³/mol. The Morgan fingerprint density at radius 3 is 2.35 bits per heavy atom. The van der Waals surface area contributed by atoms with Crippen LogP contribution in [0.1, 0.15) is 11.1 Å². The molecule has 0 amide bonds. The van der Waals surface area contributed by atoms with Crippen molar-refractivity contribution < 1.29 is 13.2 Å². The van der Waals surface area contributed by atoms with E-state index in [1.807, 2.05) is 32.0 Å². The molecule has 0 aliphatic carbocycles. The van der Waals surface area contributed by atoms with Crippen molar-refractivity contribution in [3.8, 4) is 11.5 Å². The number of para-hydroxylation sites is 1. The van der Waals surface area contributed by atoms with Crippen LogP contribution in [0.2, 0.25) is 0 Å². The Hall–Kier alpha value is -2.05. The first-order chi connectivity index (χ1) is 9.29. The van der Waals surface area contributed by atoms with Gasteiger partial charge in [0.25, 0.3) is 0 Å². The van der Waals surface area contributed by atoms with Gasteiger partial charge in [-0.15, -0.1) is 0 Å². The van der Waals surface area contributed by atoms with Crippen LogP contribution in [0, 0.1) is 13.8 Å². The second-order valence-corrected chi connectivity index (χ2v) is 6.11. The second kappa shape index (κ2) is 5.15. The van der Waals surface area contributed by atoms with E-state index in [2.05, 4.69) is 0 Å². The average molecular weight is 292 g/mol. The number of sulfonamides is 1. The van der Waals surface area contributed by atoms with Crippen LogP contribution in [0.25, 0.3) is 0 Å². The van der Waals surface area contributed by atoms with E-state index in [-0.39, 0.29) is 16.3 Å². The van der Waals surface area contributed by atoms with E-state index in [1.54, 1.807) is 6.07 Å². The lowest BCUT2D eigenvalue weighted by Crippen LogP contribution is -2.14. The molecule has 4 N–H and O–H groups in total. The quantitative estimate of drug-likeness (QED) is 0.849. The van der Waals surface area contributed by atoms with Crippen LogP contribution in [-0.2, 0) is 10.0 Å². The van der Waals surface area contributed by atoms with Crippen LogP contribution >= 0.6 is 0 Å². The lowest BCUT2D eigenvalue weighted by Gasteiger charge is -2.13. The molecular formula is C14H16N2O3S. The highest BCUT2D eigenvalue weighted by atomic mass is 32.2. The zero-order valence-electron chi connectivity index (χ0n) is 11.3. The molecule has 0 aliphatic heterocycles. The smallest absolute Gasteiger partial charge is 0.240 e. The number of nitrogens with two attached hydrogens (primary N) is 2. The van der Waals surface area contributed by atoms with Gasteiger partial charge in [-0.3, -0.25) is 0 Å². The number of hydrogen-bond donors (Lipinski definition) is 2. The molecule has 2 aromatic rings. The van der Waals surface area contributed by atoms with Gasteiger partial charge in [-0.05, 0) is 37.6 Å². The lowest BCUT2D eigenvalue weighted by molar-refractivity contribution is 0.479. The highest BCUT2D eigenvalue weighted by molar-refractivity contribution is 7.89. The molecule has 0 aromatic heterocycles. The average Bonchev–Trinajstić information content (AvgIpc) is 2.33. The molecule has 0 spiro atoms. The van der Waals surface area contributed by atoms with Gasteiger partial charge >= 0.3 is 0 Å². The molecule has 2 rings (SSSR count). The molecule has 0 radical (unpaired) electrons. The Morgan fingerprint density at radius 2 is 1.75 bits per heavy atom. The number of ether oxygens (including phenoxy) is 1. The van der Waals surface area contributed by atoms with Crippen molar-refractivity contribution in [1.29, 1.82) is 0 Å². The van der Waals surface area contributed by atoms with Gasteiger partial charge in [0.1, 0.15) is 10.6 Å². The number of rotatable bonds is 3. The number of anilines is 1. The minimum absolute atomic E-state index is 0.00924. The van der Waals surface area contributed by atoms with E-state index in [0.717, 1.165) is 11.1 Å². The molecule has 0 unspecified atom stereocenters. The largest absolute Gasteiger partial charge is 0.455 e. The summed E-state index contributed by atoms with van der Waals surface area (Å²) >= 11 is 0. The van der Waals surface area contributed by atoms with Gasteiger partial charge in [-0.25, -0.2) is 13.6 Å². The highest BCUT2D eigenvalue weighted by Crippen LogP contribution is 2.33. The van der Waals surface area contributed by atoms with E-state index in [4.69, 9.17) is 15.6 Å². The summed E-state index contributed by atoms with van der Waals surface area (Å²) in [5.41, 5.74) is 7.87.